The number of carbonyl (C=O) groups is 1. The lowest BCUT2D eigenvalue weighted by Crippen LogP contribution is -2.33. The zero-order chi connectivity index (χ0) is 12.6. The molecule has 1 unspecified atom stereocenters. The van der Waals surface area contributed by atoms with E-state index in [0.717, 1.165) is 18.4 Å². The van der Waals surface area contributed by atoms with Gasteiger partial charge in [-0.3, -0.25) is 14.9 Å². The summed E-state index contributed by atoms with van der Waals surface area (Å²) in [4.78, 5) is 24.6. The number of hydrogen-bond donors (Lipinski definition) is 0. The summed E-state index contributed by atoms with van der Waals surface area (Å²) in [6.45, 7) is 2.56. The summed E-state index contributed by atoms with van der Waals surface area (Å²) in [5.74, 6) is 0.0359. The lowest BCUT2D eigenvalue weighted by atomic mass is 9.74. The molecule has 1 heterocycles. The van der Waals surface area contributed by atoms with Crippen molar-refractivity contribution in [2.75, 3.05) is 13.6 Å². The van der Waals surface area contributed by atoms with Crippen LogP contribution in [-0.2, 0) is 4.79 Å². The van der Waals surface area contributed by atoms with E-state index in [1.165, 1.54) is 0 Å². The van der Waals surface area contributed by atoms with E-state index in [9.17, 15) is 14.9 Å². The summed E-state index contributed by atoms with van der Waals surface area (Å²) in [5.41, 5.74) is 0.447. The van der Waals surface area contributed by atoms with Crippen LogP contribution >= 0.6 is 0 Å². The van der Waals surface area contributed by atoms with Crippen molar-refractivity contribution in [3.63, 3.8) is 0 Å². The predicted octanol–water partition coefficient (Wildman–Crippen LogP) is 1.96. The van der Waals surface area contributed by atoms with E-state index in [0.29, 0.717) is 31.5 Å². The zero-order valence-corrected chi connectivity index (χ0v) is 10.4. The highest BCUT2D eigenvalue weighted by atomic mass is 16.6. The number of amides is 1. The number of rotatable bonds is 2. The van der Waals surface area contributed by atoms with E-state index in [4.69, 9.17) is 0 Å². The molecule has 5 heteroatoms. The summed E-state index contributed by atoms with van der Waals surface area (Å²) < 4.78 is 0. The van der Waals surface area contributed by atoms with Crippen molar-refractivity contribution in [1.29, 1.82) is 0 Å². The van der Waals surface area contributed by atoms with Crippen LogP contribution in [0.15, 0.2) is 11.3 Å². The molecule has 94 valence electrons. The first-order valence-corrected chi connectivity index (χ1v) is 6.09. The number of hydrogen-bond acceptors (Lipinski definition) is 3. The Hall–Kier alpha value is -1.39. The van der Waals surface area contributed by atoms with Gasteiger partial charge in [0.2, 0.25) is 11.6 Å². The first kappa shape index (κ1) is 12.1. The molecule has 1 amide bonds. The monoisotopic (exact) mass is 238 g/mol. The van der Waals surface area contributed by atoms with E-state index in [-0.39, 0.29) is 10.8 Å². The average molecular weight is 238 g/mol. The summed E-state index contributed by atoms with van der Waals surface area (Å²) in [5, 5.41) is 11.1. The number of allylic oxidation sites excluding steroid dienone is 1. The van der Waals surface area contributed by atoms with E-state index < -0.39 is 5.41 Å². The van der Waals surface area contributed by atoms with Crippen molar-refractivity contribution in [3.05, 3.63) is 21.4 Å². The minimum Gasteiger partial charge on any atom is -0.345 e. The summed E-state index contributed by atoms with van der Waals surface area (Å²) in [6.07, 6.45) is 3.73. The number of carbonyl (C=O) groups excluding carboxylic acids is 1. The Morgan fingerprint density at radius 1 is 1.35 bits per heavy atom. The van der Waals surface area contributed by atoms with Gasteiger partial charge in [-0.05, 0) is 32.6 Å². The van der Waals surface area contributed by atoms with Crippen LogP contribution < -0.4 is 0 Å². The third kappa shape index (κ3) is 1.83. The summed E-state index contributed by atoms with van der Waals surface area (Å²) in [6, 6.07) is 0. The molecule has 0 aromatic carbocycles. The molecule has 17 heavy (non-hydrogen) atoms. The van der Waals surface area contributed by atoms with Crippen LogP contribution in [0, 0.1) is 15.5 Å². The third-order valence-corrected chi connectivity index (χ3v) is 4.09. The SMILES string of the molecule is CN1CCC(C)(C2=C([N+](=O)[O-])CCCC2)C1=O. The van der Waals surface area contributed by atoms with Gasteiger partial charge in [0.05, 0.1) is 10.3 Å². The molecule has 2 rings (SSSR count). The van der Waals surface area contributed by atoms with Gasteiger partial charge in [0.1, 0.15) is 0 Å². The van der Waals surface area contributed by atoms with Gasteiger partial charge in [0, 0.05) is 25.6 Å². The smallest absolute Gasteiger partial charge is 0.246 e. The van der Waals surface area contributed by atoms with Gasteiger partial charge in [-0.15, -0.1) is 0 Å². The molecule has 0 saturated carbocycles. The summed E-state index contributed by atoms with van der Waals surface area (Å²) in [7, 11) is 1.77. The van der Waals surface area contributed by atoms with Crippen molar-refractivity contribution in [1.82, 2.24) is 4.90 Å². The van der Waals surface area contributed by atoms with Crippen LogP contribution in [0.2, 0.25) is 0 Å². The molecule has 0 aromatic rings. The molecule has 2 aliphatic rings. The van der Waals surface area contributed by atoms with Gasteiger partial charge in [-0.2, -0.15) is 0 Å². The maximum atomic E-state index is 12.2. The van der Waals surface area contributed by atoms with Gasteiger partial charge < -0.3 is 4.90 Å². The van der Waals surface area contributed by atoms with E-state index >= 15 is 0 Å². The first-order valence-electron chi connectivity index (χ1n) is 6.09. The Balaban J connectivity index is 2.43. The van der Waals surface area contributed by atoms with Gasteiger partial charge in [-0.25, -0.2) is 0 Å². The van der Waals surface area contributed by atoms with E-state index in [2.05, 4.69) is 0 Å². The van der Waals surface area contributed by atoms with Crippen molar-refractivity contribution in [3.8, 4) is 0 Å². The highest BCUT2D eigenvalue weighted by Gasteiger charge is 2.47. The highest BCUT2D eigenvalue weighted by molar-refractivity contribution is 5.87. The van der Waals surface area contributed by atoms with E-state index in [1.54, 1.807) is 11.9 Å². The third-order valence-electron chi connectivity index (χ3n) is 4.09. The molecule has 1 saturated heterocycles. The Morgan fingerprint density at radius 2 is 2.00 bits per heavy atom. The number of nitro groups is 1. The van der Waals surface area contributed by atoms with Gasteiger partial charge in [0.25, 0.3) is 0 Å². The van der Waals surface area contributed by atoms with Gasteiger partial charge in [-0.1, -0.05) is 0 Å². The van der Waals surface area contributed by atoms with Crippen molar-refractivity contribution in [2.45, 2.75) is 39.0 Å². The minimum atomic E-state index is -0.627. The van der Waals surface area contributed by atoms with Crippen LogP contribution in [0.25, 0.3) is 0 Å². The van der Waals surface area contributed by atoms with Crippen LogP contribution in [-0.4, -0.2) is 29.3 Å². The largest absolute Gasteiger partial charge is 0.345 e. The fourth-order valence-electron chi connectivity index (χ4n) is 2.99. The molecule has 0 aromatic heterocycles. The maximum Gasteiger partial charge on any atom is 0.246 e. The van der Waals surface area contributed by atoms with Crippen molar-refractivity contribution < 1.29 is 9.72 Å². The molecule has 1 aliphatic carbocycles. The lowest BCUT2D eigenvalue weighted by Gasteiger charge is -2.27. The number of nitrogens with zero attached hydrogens (tertiary/aromatic N) is 2. The van der Waals surface area contributed by atoms with Crippen molar-refractivity contribution in [2.24, 2.45) is 5.41 Å². The van der Waals surface area contributed by atoms with Crippen LogP contribution in [0.1, 0.15) is 39.0 Å². The second-order valence-electron chi connectivity index (χ2n) is 5.20. The first-order chi connectivity index (χ1) is 7.97. The Labute approximate surface area is 101 Å². The lowest BCUT2D eigenvalue weighted by molar-refractivity contribution is -0.430. The Bertz CT molecular complexity index is 403. The predicted molar refractivity (Wildman–Crippen MR) is 62.8 cm³/mol. The Kier molecular flexibility index (Phi) is 2.93. The Morgan fingerprint density at radius 3 is 2.53 bits per heavy atom. The molecule has 0 radical (unpaired) electrons. The second kappa shape index (κ2) is 4.13. The molecule has 0 bridgehead atoms. The molecule has 1 aliphatic heterocycles. The van der Waals surface area contributed by atoms with Gasteiger partial charge >= 0.3 is 0 Å². The van der Waals surface area contributed by atoms with E-state index in [1.807, 2.05) is 6.92 Å². The topological polar surface area (TPSA) is 63.4 Å². The van der Waals surface area contributed by atoms with Crippen LogP contribution in [0.5, 0.6) is 0 Å². The zero-order valence-electron chi connectivity index (χ0n) is 10.4. The molecular weight excluding hydrogens is 220 g/mol. The molecule has 1 atom stereocenters. The van der Waals surface area contributed by atoms with Crippen LogP contribution in [0.3, 0.4) is 0 Å². The fourth-order valence-corrected chi connectivity index (χ4v) is 2.99. The second-order valence-corrected chi connectivity index (χ2v) is 5.20. The standard InChI is InChI=1S/C12H18N2O3/c1-12(7-8-13(2)11(12)15)9-5-3-4-6-10(9)14(16)17/h3-8H2,1-2H3. The van der Waals surface area contributed by atoms with Crippen LogP contribution in [0.4, 0.5) is 0 Å². The summed E-state index contributed by atoms with van der Waals surface area (Å²) >= 11 is 0. The molecular formula is C12H18N2O3. The highest BCUT2D eigenvalue weighted by Crippen LogP contribution is 2.44. The minimum absolute atomic E-state index is 0.0359. The molecule has 5 nitrogen and oxygen atoms in total. The molecule has 1 fully saturated rings. The quantitative estimate of drug-likeness (QED) is 0.545. The molecule has 0 N–H and O–H groups in total. The average Bonchev–Trinajstić information content (AvgIpc) is 2.58. The molecule has 0 spiro atoms. The fraction of sp³-hybridized carbons (Fsp3) is 0.750. The maximum absolute atomic E-state index is 12.2. The normalized spacial score (nSPS) is 30.0. The van der Waals surface area contributed by atoms with Gasteiger partial charge in [0.15, 0.2) is 0 Å². The van der Waals surface area contributed by atoms with Crippen molar-refractivity contribution >= 4 is 5.91 Å². The number of likely N-dealkylation sites (tertiary alicyclic amines) is 1.